The average Bonchev–Trinajstić information content (AvgIpc) is 2.47. The summed E-state index contributed by atoms with van der Waals surface area (Å²) in [6.45, 7) is 6.39. The second-order valence-corrected chi connectivity index (χ2v) is 5.04. The molecule has 0 aliphatic carbocycles. The highest BCUT2D eigenvalue weighted by Gasteiger charge is 2.18. The largest absolute Gasteiger partial charge is 0.368 e. The first-order chi connectivity index (χ1) is 8.18. The number of anilines is 1. The van der Waals surface area contributed by atoms with Gasteiger partial charge in [-0.2, -0.15) is 0 Å². The molecular formula is C15H22N2. The lowest BCUT2D eigenvalue weighted by molar-refractivity contribution is 0.631. The van der Waals surface area contributed by atoms with Crippen LogP contribution in [0.2, 0.25) is 0 Å². The molecule has 0 bridgehead atoms. The van der Waals surface area contributed by atoms with Crippen LogP contribution >= 0.6 is 0 Å². The number of hydrogen-bond donors (Lipinski definition) is 1. The third-order valence-corrected chi connectivity index (χ3v) is 3.34. The van der Waals surface area contributed by atoms with Crippen LogP contribution in [0.15, 0.2) is 35.9 Å². The smallest absolute Gasteiger partial charge is 0.0417 e. The molecule has 17 heavy (non-hydrogen) atoms. The highest BCUT2D eigenvalue weighted by molar-refractivity contribution is 5.56. The van der Waals surface area contributed by atoms with E-state index in [-0.39, 0.29) is 6.04 Å². The molecule has 2 nitrogen and oxygen atoms in total. The Labute approximate surface area is 104 Å². The van der Waals surface area contributed by atoms with Crippen molar-refractivity contribution in [3.05, 3.63) is 41.5 Å². The van der Waals surface area contributed by atoms with Crippen LogP contribution in [0.4, 0.5) is 5.69 Å². The predicted octanol–water partition coefficient (Wildman–Crippen LogP) is 3.25. The zero-order valence-corrected chi connectivity index (χ0v) is 10.8. The molecule has 2 N–H and O–H groups in total. The number of hydrogen-bond acceptors (Lipinski definition) is 2. The Morgan fingerprint density at radius 1 is 1.41 bits per heavy atom. The number of para-hydroxylation sites is 1. The van der Waals surface area contributed by atoms with E-state index >= 15 is 0 Å². The number of nitrogens with zero attached hydrogens (tertiary/aromatic N) is 1. The van der Waals surface area contributed by atoms with Crippen molar-refractivity contribution in [3.8, 4) is 0 Å². The molecule has 1 aliphatic rings. The molecule has 1 aromatic carbocycles. The van der Waals surface area contributed by atoms with Gasteiger partial charge >= 0.3 is 0 Å². The van der Waals surface area contributed by atoms with Crippen LogP contribution in [0.1, 0.15) is 38.3 Å². The molecule has 0 saturated heterocycles. The van der Waals surface area contributed by atoms with Crippen LogP contribution in [0.3, 0.4) is 0 Å². The molecule has 2 heteroatoms. The SMILES string of the molecule is CC(C)=CCN1CCCC(N)c2ccccc21. The van der Waals surface area contributed by atoms with E-state index in [2.05, 4.69) is 49.1 Å². The Balaban J connectivity index is 2.28. The van der Waals surface area contributed by atoms with Crippen molar-refractivity contribution >= 4 is 5.69 Å². The highest BCUT2D eigenvalue weighted by atomic mass is 15.1. The van der Waals surface area contributed by atoms with E-state index in [1.54, 1.807) is 0 Å². The maximum Gasteiger partial charge on any atom is 0.0417 e. The fraction of sp³-hybridized carbons (Fsp3) is 0.467. The fourth-order valence-corrected chi connectivity index (χ4v) is 2.35. The standard InChI is InChI=1S/C15H22N2/c1-12(2)9-11-17-10-5-7-14(16)13-6-3-4-8-15(13)17/h3-4,6,8-9,14H,5,7,10-11,16H2,1-2H3. The van der Waals surface area contributed by atoms with Crippen molar-refractivity contribution in [1.82, 2.24) is 0 Å². The van der Waals surface area contributed by atoms with Gasteiger partial charge in [-0.25, -0.2) is 0 Å². The third-order valence-electron chi connectivity index (χ3n) is 3.34. The highest BCUT2D eigenvalue weighted by Crippen LogP contribution is 2.31. The van der Waals surface area contributed by atoms with Gasteiger partial charge in [-0.05, 0) is 38.3 Å². The van der Waals surface area contributed by atoms with Crippen molar-refractivity contribution in [2.75, 3.05) is 18.0 Å². The number of fused-ring (bicyclic) bond motifs is 1. The topological polar surface area (TPSA) is 29.3 Å². The first kappa shape index (κ1) is 12.2. The fourth-order valence-electron chi connectivity index (χ4n) is 2.35. The number of benzene rings is 1. The van der Waals surface area contributed by atoms with Crippen molar-refractivity contribution in [2.24, 2.45) is 5.73 Å². The first-order valence-corrected chi connectivity index (χ1v) is 6.41. The molecule has 1 atom stereocenters. The summed E-state index contributed by atoms with van der Waals surface area (Å²) in [7, 11) is 0. The maximum atomic E-state index is 6.22. The molecule has 1 unspecified atom stereocenters. The molecule has 0 radical (unpaired) electrons. The summed E-state index contributed by atoms with van der Waals surface area (Å²) >= 11 is 0. The number of rotatable bonds is 2. The van der Waals surface area contributed by atoms with Crippen molar-refractivity contribution in [1.29, 1.82) is 0 Å². The predicted molar refractivity (Wildman–Crippen MR) is 74.2 cm³/mol. The third kappa shape index (κ3) is 2.89. The molecule has 0 aromatic heterocycles. The molecule has 2 rings (SSSR count). The summed E-state index contributed by atoms with van der Waals surface area (Å²) in [6, 6.07) is 8.75. The van der Waals surface area contributed by atoms with Gasteiger partial charge in [0, 0.05) is 24.8 Å². The quantitative estimate of drug-likeness (QED) is 0.790. The van der Waals surface area contributed by atoms with Crippen LogP contribution in [0.5, 0.6) is 0 Å². The van der Waals surface area contributed by atoms with E-state index in [9.17, 15) is 0 Å². The molecule has 0 spiro atoms. The lowest BCUT2D eigenvalue weighted by Crippen LogP contribution is -2.24. The second-order valence-electron chi connectivity index (χ2n) is 5.04. The van der Waals surface area contributed by atoms with Gasteiger partial charge in [0.05, 0.1) is 0 Å². The van der Waals surface area contributed by atoms with E-state index in [1.807, 2.05) is 0 Å². The van der Waals surface area contributed by atoms with Crippen LogP contribution in [0, 0.1) is 0 Å². The van der Waals surface area contributed by atoms with Crippen molar-refractivity contribution in [2.45, 2.75) is 32.7 Å². The normalized spacial score (nSPS) is 19.5. The first-order valence-electron chi connectivity index (χ1n) is 6.41. The van der Waals surface area contributed by atoms with Gasteiger partial charge in [0.15, 0.2) is 0 Å². The molecule has 1 aliphatic heterocycles. The van der Waals surface area contributed by atoms with Gasteiger partial charge in [0.25, 0.3) is 0 Å². The van der Waals surface area contributed by atoms with Crippen molar-refractivity contribution in [3.63, 3.8) is 0 Å². The minimum atomic E-state index is 0.197. The molecular weight excluding hydrogens is 208 g/mol. The molecule has 92 valence electrons. The summed E-state index contributed by atoms with van der Waals surface area (Å²) in [5.74, 6) is 0. The number of allylic oxidation sites excluding steroid dienone is 1. The Bertz CT molecular complexity index is 405. The summed E-state index contributed by atoms with van der Waals surface area (Å²) in [5.41, 5.74) is 10.2. The van der Waals surface area contributed by atoms with Crippen LogP contribution in [0.25, 0.3) is 0 Å². The van der Waals surface area contributed by atoms with Crippen LogP contribution < -0.4 is 10.6 Å². The van der Waals surface area contributed by atoms with Gasteiger partial charge in [-0.3, -0.25) is 0 Å². The zero-order chi connectivity index (χ0) is 12.3. The summed E-state index contributed by atoms with van der Waals surface area (Å²) in [5, 5.41) is 0. The monoisotopic (exact) mass is 230 g/mol. The minimum Gasteiger partial charge on any atom is -0.368 e. The van der Waals surface area contributed by atoms with E-state index in [0.717, 1.165) is 19.5 Å². The van der Waals surface area contributed by atoms with E-state index in [1.165, 1.54) is 23.2 Å². The van der Waals surface area contributed by atoms with Crippen LogP contribution in [-0.2, 0) is 0 Å². The summed E-state index contributed by atoms with van der Waals surface area (Å²) in [6.07, 6.45) is 4.54. The van der Waals surface area contributed by atoms with Gasteiger partial charge in [0.2, 0.25) is 0 Å². The average molecular weight is 230 g/mol. The van der Waals surface area contributed by atoms with Crippen LogP contribution in [-0.4, -0.2) is 13.1 Å². The summed E-state index contributed by atoms with van der Waals surface area (Å²) < 4.78 is 0. The van der Waals surface area contributed by atoms with Crippen molar-refractivity contribution < 1.29 is 0 Å². The molecule has 0 saturated carbocycles. The zero-order valence-electron chi connectivity index (χ0n) is 10.8. The Kier molecular flexibility index (Phi) is 3.85. The maximum absolute atomic E-state index is 6.22. The Morgan fingerprint density at radius 3 is 2.94 bits per heavy atom. The molecule has 0 amide bonds. The minimum absolute atomic E-state index is 0.197. The molecule has 0 fully saturated rings. The lowest BCUT2D eigenvalue weighted by Gasteiger charge is -2.24. The molecule has 1 heterocycles. The van der Waals surface area contributed by atoms with E-state index < -0.39 is 0 Å². The molecule has 1 aromatic rings. The van der Waals surface area contributed by atoms with Gasteiger partial charge in [-0.15, -0.1) is 0 Å². The van der Waals surface area contributed by atoms with E-state index in [4.69, 9.17) is 5.73 Å². The van der Waals surface area contributed by atoms with Gasteiger partial charge in [-0.1, -0.05) is 29.8 Å². The van der Waals surface area contributed by atoms with Gasteiger partial charge < -0.3 is 10.6 Å². The summed E-state index contributed by atoms with van der Waals surface area (Å²) in [4.78, 5) is 2.44. The second kappa shape index (κ2) is 5.37. The Morgan fingerprint density at radius 2 is 2.18 bits per heavy atom. The lowest BCUT2D eigenvalue weighted by atomic mass is 10.0. The number of nitrogens with two attached hydrogens (primary N) is 1. The van der Waals surface area contributed by atoms with Gasteiger partial charge in [0.1, 0.15) is 0 Å². The van der Waals surface area contributed by atoms with E-state index in [0.29, 0.717) is 0 Å². The Hall–Kier alpha value is -1.28.